The van der Waals surface area contributed by atoms with Crippen molar-refractivity contribution in [2.45, 2.75) is 0 Å². The number of phosphoric acid groups is 1. The summed E-state index contributed by atoms with van der Waals surface area (Å²) in [7, 11) is -5.14. The molecule has 0 bridgehead atoms. The predicted octanol–water partition coefficient (Wildman–Crippen LogP) is -4.06. The minimum Gasteiger partial charge on any atom is -0.790 e. The minimum absolute atomic E-state index is 0. The summed E-state index contributed by atoms with van der Waals surface area (Å²) in [5, 5.41) is 2.86. The number of hydrazone groups is 1. The zero-order chi connectivity index (χ0) is 8.78. The molecule has 7 N–H and O–H groups in total. The predicted molar refractivity (Wildman–Crippen MR) is 29.8 cm³/mol. The van der Waals surface area contributed by atoms with Gasteiger partial charge < -0.3 is 36.6 Å². The fourth-order valence-electron chi connectivity index (χ4n) is 0. The summed E-state index contributed by atoms with van der Waals surface area (Å²) in [5.41, 5.74) is 9.39. The van der Waals surface area contributed by atoms with Gasteiger partial charge in [0.05, 0.1) is 7.82 Å². The first-order chi connectivity index (χ1) is 4.27. The first kappa shape index (κ1) is 17.1. The maximum atomic E-state index is 8.66. The molecule has 0 amide bonds. The number of hydrogen-bond acceptors (Lipinski definition) is 5. The van der Waals surface area contributed by atoms with E-state index in [0.717, 1.165) is 0 Å². The molecule has 0 aliphatic heterocycles. The summed E-state index contributed by atoms with van der Waals surface area (Å²) in [6, 6.07) is 0. The fraction of sp³-hybridized carbons (Fsp3) is 0. The van der Waals surface area contributed by atoms with Crippen molar-refractivity contribution < 1.29 is 38.7 Å². The van der Waals surface area contributed by atoms with E-state index in [9.17, 15) is 0 Å². The van der Waals surface area contributed by atoms with E-state index in [4.69, 9.17) is 30.7 Å². The quantitative estimate of drug-likeness (QED) is 0.0824. The van der Waals surface area contributed by atoms with Crippen molar-refractivity contribution in [2.24, 2.45) is 22.4 Å². The average molecular weight is 235 g/mol. The average Bonchev–Trinajstić information content (AvgIpc) is 1.61. The van der Waals surface area contributed by atoms with Gasteiger partial charge in [-0.05, 0) is 0 Å². The minimum atomic E-state index is -5.14. The Hall–Kier alpha value is -0.197. The molecule has 8 nitrogen and oxygen atoms in total. The maximum absolute atomic E-state index is 8.66. The number of rotatable bonds is 0. The van der Waals surface area contributed by atoms with Gasteiger partial charge in [0.1, 0.15) is 0 Å². The van der Waals surface area contributed by atoms with E-state index in [0.29, 0.717) is 0 Å². The fourth-order valence-corrected chi connectivity index (χ4v) is 0. The Labute approximate surface area is 75.4 Å². The van der Waals surface area contributed by atoms with Crippen molar-refractivity contribution in [2.75, 3.05) is 0 Å². The Morgan fingerprint density at radius 2 is 1.55 bits per heavy atom. The summed E-state index contributed by atoms with van der Waals surface area (Å²) in [6.45, 7) is 0. The number of nitrogens with zero attached hydrogens (tertiary/aromatic N) is 1. The maximum Gasteiger partial charge on any atom is 2.00 e. The molecule has 0 saturated carbocycles. The Kier molecular flexibility index (Phi) is 12.3. The first-order valence-electron chi connectivity index (χ1n) is 1.81. The molecule has 0 aromatic carbocycles. The smallest absolute Gasteiger partial charge is 0.790 e. The third-order valence-corrected chi connectivity index (χ3v) is 0.149. The Morgan fingerprint density at radius 1 is 1.45 bits per heavy atom. The molecule has 0 fully saturated rings. The number of guanidine groups is 1. The van der Waals surface area contributed by atoms with Crippen LogP contribution in [0.25, 0.3) is 0 Å². The van der Waals surface area contributed by atoms with Crippen LogP contribution in [0, 0.1) is 0 Å². The molecule has 0 radical (unpaired) electrons. The van der Waals surface area contributed by atoms with E-state index >= 15 is 0 Å². The van der Waals surface area contributed by atoms with Crippen LogP contribution in [-0.2, 0) is 24.0 Å². The van der Waals surface area contributed by atoms with Gasteiger partial charge in [-0.15, -0.1) is 5.10 Å². The largest absolute Gasteiger partial charge is 2.00 e. The zero-order valence-corrected chi connectivity index (χ0v) is 9.37. The molecule has 0 spiro atoms. The van der Waals surface area contributed by atoms with Gasteiger partial charge in [0, 0.05) is 0 Å². The van der Waals surface area contributed by atoms with Crippen molar-refractivity contribution in [1.29, 1.82) is 0 Å². The van der Waals surface area contributed by atoms with Gasteiger partial charge in [-0.25, -0.2) is 0 Å². The topological polar surface area (TPSA) is 174 Å². The Bertz CT molecular complexity index is 142. The van der Waals surface area contributed by atoms with Crippen molar-refractivity contribution in [3.8, 4) is 0 Å². The second-order valence-corrected chi connectivity index (χ2v) is 1.96. The zero-order valence-electron chi connectivity index (χ0n) is 5.51. The third kappa shape index (κ3) is 184. The molecule has 62 valence electrons. The van der Waals surface area contributed by atoms with E-state index in [1.165, 1.54) is 0 Å². The van der Waals surface area contributed by atoms with E-state index < -0.39 is 7.82 Å². The van der Waals surface area contributed by atoms with E-state index in [1.807, 2.05) is 0 Å². The molecular weight excluding hydrogens is 228 g/mol. The van der Waals surface area contributed by atoms with Gasteiger partial charge in [0.25, 0.3) is 0 Å². The second-order valence-electron chi connectivity index (χ2n) is 1.02. The van der Waals surface area contributed by atoms with Crippen LogP contribution >= 0.6 is 7.82 Å². The van der Waals surface area contributed by atoms with Crippen LogP contribution in [0.4, 0.5) is 0 Å². The van der Waals surface area contributed by atoms with Crippen molar-refractivity contribution >= 4 is 13.8 Å². The Morgan fingerprint density at radius 3 is 1.55 bits per heavy atom. The molecule has 11 heavy (non-hydrogen) atoms. The van der Waals surface area contributed by atoms with Crippen LogP contribution in [0.1, 0.15) is 0 Å². The van der Waals surface area contributed by atoms with Crippen LogP contribution in [-0.4, -0.2) is 10.9 Å². The standard InChI is InChI=1S/CH6N4.H3O4P.Zn/c2-1(3)5-4;1-5(2,3)4;/h4H2,(H4,2,3,5);(H3,1,2,3,4);/q;;+2/p-2. The van der Waals surface area contributed by atoms with Crippen LogP contribution in [0.15, 0.2) is 5.10 Å². The molecule has 0 rings (SSSR count). The van der Waals surface area contributed by atoms with Gasteiger partial charge in [0.15, 0.2) is 0 Å². The number of hydrogen-bond donors (Lipinski definition) is 4. The van der Waals surface area contributed by atoms with Crippen molar-refractivity contribution in [1.82, 2.24) is 0 Å². The van der Waals surface area contributed by atoms with Crippen molar-refractivity contribution in [3.63, 3.8) is 0 Å². The van der Waals surface area contributed by atoms with E-state index in [-0.39, 0.29) is 25.4 Å². The molecule has 0 aromatic heterocycles. The molecule has 10 heteroatoms. The third-order valence-electron chi connectivity index (χ3n) is 0.149. The van der Waals surface area contributed by atoms with E-state index in [2.05, 4.69) is 10.9 Å². The molecular formula is CH7N4O4PZn. The normalized spacial score (nSPS) is 8.27. The monoisotopic (exact) mass is 234 g/mol. The van der Waals surface area contributed by atoms with E-state index in [1.54, 1.807) is 0 Å². The van der Waals surface area contributed by atoms with Crippen LogP contribution < -0.4 is 27.1 Å². The summed E-state index contributed by atoms with van der Waals surface area (Å²) in [5.74, 6) is 4.42. The summed E-state index contributed by atoms with van der Waals surface area (Å²) < 4.78 is 8.66. The molecule has 0 unspecified atom stereocenters. The number of nitrogens with two attached hydrogens (primary N) is 3. The van der Waals surface area contributed by atoms with Gasteiger partial charge in [-0.3, -0.25) is 0 Å². The van der Waals surface area contributed by atoms with Gasteiger partial charge in [-0.2, -0.15) is 0 Å². The molecule has 0 atom stereocenters. The molecule has 0 aromatic rings. The molecule has 0 aliphatic carbocycles. The van der Waals surface area contributed by atoms with Gasteiger partial charge in [0.2, 0.25) is 5.96 Å². The van der Waals surface area contributed by atoms with Crippen molar-refractivity contribution in [3.05, 3.63) is 0 Å². The summed E-state index contributed by atoms with van der Waals surface area (Å²) in [6.07, 6.45) is 0. The van der Waals surface area contributed by atoms with Gasteiger partial charge >= 0.3 is 19.5 Å². The molecule has 0 saturated heterocycles. The summed E-state index contributed by atoms with van der Waals surface area (Å²) in [4.78, 5) is 24.3. The van der Waals surface area contributed by atoms with Crippen LogP contribution in [0.2, 0.25) is 0 Å². The van der Waals surface area contributed by atoms with Gasteiger partial charge in [-0.1, -0.05) is 0 Å². The van der Waals surface area contributed by atoms with Crippen LogP contribution in [0.5, 0.6) is 0 Å². The summed E-state index contributed by atoms with van der Waals surface area (Å²) >= 11 is 0. The second kappa shape index (κ2) is 7.91. The molecule has 0 heterocycles. The molecule has 0 aliphatic rings. The Balaban J connectivity index is -0.000000107. The van der Waals surface area contributed by atoms with Crippen LogP contribution in [0.3, 0.4) is 0 Å². The first-order valence-corrected chi connectivity index (χ1v) is 3.30. The SMILES string of the molecule is NN=C(N)N.O=P([O-])([O-])O.[Zn+2].